The van der Waals surface area contributed by atoms with Gasteiger partial charge in [0.15, 0.2) is 0 Å². The van der Waals surface area contributed by atoms with Gasteiger partial charge in [0.1, 0.15) is 18.6 Å². The summed E-state index contributed by atoms with van der Waals surface area (Å²) in [4.78, 5) is 42.0. The lowest BCUT2D eigenvalue weighted by Crippen LogP contribution is -2.74. The highest BCUT2D eigenvalue weighted by Gasteiger charge is 2.65. The van der Waals surface area contributed by atoms with Crippen LogP contribution in [-0.2, 0) is 20.9 Å². The number of hydrogen-bond donors (Lipinski definition) is 1. The van der Waals surface area contributed by atoms with Gasteiger partial charge in [-0.15, -0.1) is 0 Å². The Bertz CT molecular complexity index is 735. The predicted octanol–water partition coefficient (Wildman–Crippen LogP) is 1.01. The third kappa shape index (κ3) is 2.78. The van der Waals surface area contributed by atoms with E-state index in [-0.39, 0.29) is 24.3 Å². The van der Waals surface area contributed by atoms with Gasteiger partial charge >= 0.3 is 0 Å². The summed E-state index contributed by atoms with van der Waals surface area (Å²) >= 11 is 1.65. The van der Waals surface area contributed by atoms with Crippen molar-refractivity contribution < 1.29 is 14.4 Å². The summed E-state index contributed by atoms with van der Waals surface area (Å²) in [6.07, 6.45) is 4.11. The molecular formula is C19H23N3O3S. The smallest absolute Gasteiger partial charge is 0.246 e. The molecule has 3 fully saturated rings. The predicted molar refractivity (Wildman–Crippen MR) is 99.4 cm³/mol. The van der Waals surface area contributed by atoms with Crippen molar-refractivity contribution in [2.75, 3.05) is 18.6 Å². The molecule has 2 aliphatic heterocycles. The molecular weight excluding hydrogens is 350 g/mol. The molecule has 2 atom stereocenters. The highest BCUT2D eigenvalue weighted by atomic mass is 32.2. The van der Waals surface area contributed by atoms with Gasteiger partial charge in [0.05, 0.1) is 5.54 Å². The van der Waals surface area contributed by atoms with Crippen molar-refractivity contribution in [1.82, 2.24) is 15.1 Å². The number of piperazine rings is 2. The zero-order chi connectivity index (χ0) is 18.3. The van der Waals surface area contributed by atoms with Crippen LogP contribution >= 0.6 is 11.8 Å². The summed E-state index contributed by atoms with van der Waals surface area (Å²) in [5.74, 6) is 0.518. The van der Waals surface area contributed by atoms with E-state index in [0.717, 1.165) is 24.2 Å². The number of benzene rings is 1. The van der Waals surface area contributed by atoms with Crippen LogP contribution in [0.2, 0.25) is 0 Å². The first-order valence-corrected chi connectivity index (χ1v) is 10.4. The van der Waals surface area contributed by atoms with Gasteiger partial charge in [-0.1, -0.05) is 30.3 Å². The Morgan fingerprint density at radius 1 is 1.19 bits per heavy atom. The summed E-state index contributed by atoms with van der Waals surface area (Å²) in [6.45, 7) is 0.489. The van der Waals surface area contributed by atoms with Crippen LogP contribution in [0.3, 0.4) is 0 Å². The molecule has 2 saturated heterocycles. The van der Waals surface area contributed by atoms with Crippen molar-refractivity contribution >= 4 is 29.5 Å². The van der Waals surface area contributed by atoms with E-state index < -0.39 is 17.6 Å². The molecule has 138 valence electrons. The molecule has 0 radical (unpaired) electrons. The minimum absolute atomic E-state index is 0.00126. The lowest BCUT2D eigenvalue weighted by molar-refractivity contribution is -0.166. The summed E-state index contributed by atoms with van der Waals surface area (Å²) in [5, 5.41) is 2.91. The molecule has 6 nitrogen and oxygen atoms in total. The molecule has 7 heteroatoms. The van der Waals surface area contributed by atoms with E-state index >= 15 is 0 Å². The Balaban J connectivity index is 1.59. The van der Waals surface area contributed by atoms with E-state index in [0.29, 0.717) is 13.0 Å². The Morgan fingerprint density at radius 3 is 2.58 bits per heavy atom. The first kappa shape index (κ1) is 17.4. The van der Waals surface area contributed by atoms with E-state index in [2.05, 4.69) is 5.32 Å². The highest BCUT2D eigenvalue weighted by Crippen LogP contribution is 2.50. The second kappa shape index (κ2) is 6.61. The molecule has 1 N–H and O–H groups in total. The monoisotopic (exact) mass is 373 g/mol. The summed E-state index contributed by atoms with van der Waals surface area (Å²) in [5.41, 5.74) is 0.510. The molecule has 3 amide bonds. The topological polar surface area (TPSA) is 69.7 Å². The quantitative estimate of drug-likeness (QED) is 0.836. The van der Waals surface area contributed by atoms with Crippen molar-refractivity contribution in [2.45, 2.75) is 43.4 Å². The lowest BCUT2D eigenvalue weighted by Gasteiger charge is -2.50. The van der Waals surface area contributed by atoms with Crippen molar-refractivity contribution in [1.29, 1.82) is 0 Å². The molecule has 1 aliphatic carbocycles. The fraction of sp³-hybridized carbons (Fsp3) is 0.526. The second-order valence-corrected chi connectivity index (χ2v) is 8.27. The number of nitrogens with zero attached hydrogens (tertiary/aromatic N) is 2. The van der Waals surface area contributed by atoms with Crippen LogP contribution in [0.25, 0.3) is 0 Å². The van der Waals surface area contributed by atoms with Crippen LogP contribution in [0.15, 0.2) is 30.3 Å². The Labute approximate surface area is 157 Å². The molecule has 0 bridgehead atoms. The maximum Gasteiger partial charge on any atom is 0.246 e. The number of nitrogens with one attached hydrogen (secondary N) is 1. The Morgan fingerprint density at radius 2 is 1.92 bits per heavy atom. The molecule has 1 saturated carbocycles. The fourth-order valence-corrected chi connectivity index (χ4v) is 4.70. The molecule has 26 heavy (non-hydrogen) atoms. The van der Waals surface area contributed by atoms with Crippen LogP contribution in [-0.4, -0.2) is 63.7 Å². The van der Waals surface area contributed by atoms with E-state index in [1.807, 2.05) is 41.5 Å². The number of thioether (sulfide) groups is 1. The summed E-state index contributed by atoms with van der Waals surface area (Å²) in [7, 11) is 0. The van der Waals surface area contributed by atoms with E-state index in [4.69, 9.17) is 0 Å². The molecule has 1 spiro atoms. The SMILES string of the molecule is CSCC[C@@H]1NC(=O)[C@H]2N(CC(=O)N(Cc3ccccc3)C23CC3)C1=O. The average Bonchev–Trinajstić information content (AvgIpc) is 3.42. The van der Waals surface area contributed by atoms with Crippen molar-refractivity contribution in [3.05, 3.63) is 35.9 Å². The normalized spacial score (nSPS) is 26.7. The number of hydrogen-bond acceptors (Lipinski definition) is 4. The molecule has 2 heterocycles. The number of rotatable bonds is 5. The average molecular weight is 373 g/mol. The molecule has 1 aromatic carbocycles. The summed E-state index contributed by atoms with van der Waals surface area (Å²) in [6, 6.07) is 8.75. The van der Waals surface area contributed by atoms with Gasteiger partial charge in [-0.05, 0) is 36.8 Å². The second-order valence-electron chi connectivity index (χ2n) is 7.28. The van der Waals surface area contributed by atoms with Crippen molar-refractivity contribution in [2.24, 2.45) is 0 Å². The lowest BCUT2D eigenvalue weighted by atomic mass is 9.92. The van der Waals surface area contributed by atoms with E-state index in [9.17, 15) is 14.4 Å². The third-order valence-corrected chi connectivity index (χ3v) is 6.31. The summed E-state index contributed by atoms with van der Waals surface area (Å²) < 4.78 is 0. The van der Waals surface area contributed by atoms with Crippen molar-refractivity contribution in [3.8, 4) is 0 Å². The van der Waals surface area contributed by atoms with Gasteiger partial charge < -0.3 is 15.1 Å². The minimum Gasteiger partial charge on any atom is -0.342 e. The Hall–Kier alpha value is -2.02. The van der Waals surface area contributed by atoms with Gasteiger partial charge in [-0.25, -0.2) is 0 Å². The van der Waals surface area contributed by atoms with Crippen LogP contribution in [0, 0.1) is 0 Å². The van der Waals surface area contributed by atoms with E-state index in [1.54, 1.807) is 16.7 Å². The minimum atomic E-state index is -0.554. The fourth-order valence-electron chi connectivity index (χ4n) is 4.23. The third-order valence-electron chi connectivity index (χ3n) is 5.67. The largest absolute Gasteiger partial charge is 0.342 e. The zero-order valence-electron chi connectivity index (χ0n) is 14.8. The maximum atomic E-state index is 12.9. The molecule has 1 aromatic rings. The van der Waals surface area contributed by atoms with Gasteiger partial charge in [-0.2, -0.15) is 11.8 Å². The zero-order valence-corrected chi connectivity index (χ0v) is 15.6. The molecule has 3 aliphatic rings. The number of carbonyl (C=O) groups excluding carboxylic acids is 3. The van der Waals surface area contributed by atoms with Gasteiger partial charge in [0, 0.05) is 6.54 Å². The van der Waals surface area contributed by atoms with Gasteiger partial charge in [-0.3, -0.25) is 14.4 Å². The highest BCUT2D eigenvalue weighted by molar-refractivity contribution is 7.98. The van der Waals surface area contributed by atoms with Gasteiger partial charge in [0.25, 0.3) is 0 Å². The van der Waals surface area contributed by atoms with Crippen molar-refractivity contribution in [3.63, 3.8) is 0 Å². The van der Waals surface area contributed by atoms with Crippen LogP contribution in [0.5, 0.6) is 0 Å². The molecule has 0 aromatic heterocycles. The number of fused-ring (bicyclic) bond motifs is 2. The first-order valence-electron chi connectivity index (χ1n) is 9.01. The van der Waals surface area contributed by atoms with Crippen LogP contribution < -0.4 is 5.32 Å². The van der Waals surface area contributed by atoms with E-state index in [1.165, 1.54) is 0 Å². The number of amides is 3. The van der Waals surface area contributed by atoms with Gasteiger partial charge in [0.2, 0.25) is 17.7 Å². The standard InChI is InChI=1S/C19H23N3O3S/c1-26-10-7-14-18(25)21-12-15(23)22(11-13-5-3-2-4-6-13)19(8-9-19)16(21)17(24)20-14/h2-6,14,16H,7-12H2,1H3,(H,20,24)/t14-,16+/m0/s1. The first-order chi connectivity index (χ1) is 12.6. The van der Waals surface area contributed by atoms with Crippen LogP contribution in [0.4, 0.5) is 0 Å². The number of carbonyl (C=O) groups is 3. The maximum absolute atomic E-state index is 12.9. The Kier molecular flexibility index (Phi) is 4.42. The molecule has 0 unspecified atom stereocenters. The van der Waals surface area contributed by atoms with Crippen LogP contribution in [0.1, 0.15) is 24.8 Å². The molecule has 4 rings (SSSR count).